The van der Waals surface area contributed by atoms with Gasteiger partial charge in [0.1, 0.15) is 12.6 Å². The lowest BCUT2D eigenvalue weighted by atomic mass is 10.1. The van der Waals surface area contributed by atoms with E-state index in [-0.39, 0.29) is 24.2 Å². The van der Waals surface area contributed by atoms with Crippen LogP contribution in [0.1, 0.15) is 23.6 Å². The summed E-state index contributed by atoms with van der Waals surface area (Å²) in [5.41, 5.74) is 5.53. The summed E-state index contributed by atoms with van der Waals surface area (Å²) >= 11 is 5.84. The van der Waals surface area contributed by atoms with Crippen LogP contribution in [0, 0.1) is 0 Å². The maximum Gasteiger partial charge on any atom is 0.370 e. The summed E-state index contributed by atoms with van der Waals surface area (Å²) in [5, 5.41) is 3.46. The number of benzene rings is 3. The van der Waals surface area contributed by atoms with E-state index in [4.69, 9.17) is 16.3 Å². The minimum Gasteiger partial charge on any atom is -0.464 e. The Morgan fingerprint density at radius 2 is 1.61 bits per heavy atom. The van der Waals surface area contributed by atoms with Crippen molar-refractivity contribution in [2.75, 3.05) is 12.5 Å². The number of anilines is 1. The normalized spacial score (nSPS) is 12.0. The molecule has 0 unspecified atom stereocenters. The zero-order chi connectivity index (χ0) is 27.3. The van der Waals surface area contributed by atoms with E-state index >= 15 is 0 Å². The fourth-order valence-electron chi connectivity index (χ4n) is 3.40. The predicted molar refractivity (Wildman–Crippen MR) is 147 cm³/mol. The molecule has 8 nitrogen and oxygen atoms in total. The van der Waals surface area contributed by atoms with E-state index in [1.165, 1.54) is 18.1 Å². The highest BCUT2D eigenvalue weighted by molar-refractivity contribution is 6.82. The second kappa shape index (κ2) is 14.3. The fourth-order valence-corrected chi connectivity index (χ4v) is 3.52. The van der Waals surface area contributed by atoms with Crippen LogP contribution in [0.15, 0.2) is 96.1 Å². The number of carbonyl (C=O) groups excluding carboxylic acids is 3. The number of nitrogens with one attached hydrogen (secondary N) is 1. The van der Waals surface area contributed by atoms with Crippen molar-refractivity contribution in [2.24, 2.45) is 5.10 Å². The molecule has 0 fully saturated rings. The van der Waals surface area contributed by atoms with E-state index in [1.54, 1.807) is 37.3 Å². The quantitative estimate of drug-likeness (QED) is 0.161. The molecule has 0 aliphatic carbocycles. The maximum absolute atomic E-state index is 13.3. The zero-order valence-corrected chi connectivity index (χ0v) is 21.8. The zero-order valence-electron chi connectivity index (χ0n) is 21.0. The minimum atomic E-state index is -0.901. The second-order valence-electron chi connectivity index (χ2n) is 8.14. The molecule has 0 heterocycles. The Morgan fingerprint density at radius 1 is 0.974 bits per heavy atom. The monoisotopic (exact) mass is 533 g/mol. The van der Waals surface area contributed by atoms with Crippen molar-refractivity contribution < 1.29 is 23.9 Å². The number of para-hydroxylation sites is 1. The number of esters is 2. The highest BCUT2D eigenvalue weighted by Crippen LogP contribution is 2.20. The molecule has 196 valence electrons. The Hall–Kier alpha value is -4.43. The van der Waals surface area contributed by atoms with Crippen molar-refractivity contribution in [1.29, 1.82) is 0 Å². The SMILES string of the molecule is COC(=O)/C(Cl)=N\Nc1ccccc1CN(C(=O)/C=C/c1ccccc1)[C@@H](C)C(=O)OCc1ccccc1. The van der Waals surface area contributed by atoms with Gasteiger partial charge >= 0.3 is 11.9 Å². The van der Waals surface area contributed by atoms with Gasteiger partial charge in [0.15, 0.2) is 0 Å². The Labute approximate surface area is 226 Å². The molecule has 0 saturated heterocycles. The molecule has 1 amide bonds. The van der Waals surface area contributed by atoms with Gasteiger partial charge in [-0.2, -0.15) is 5.10 Å². The van der Waals surface area contributed by atoms with E-state index in [9.17, 15) is 14.4 Å². The highest BCUT2D eigenvalue weighted by atomic mass is 35.5. The molecule has 1 atom stereocenters. The molecule has 38 heavy (non-hydrogen) atoms. The summed E-state index contributed by atoms with van der Waals surface area (Å²) in [6, 6.07) is 24.8. The third-order valence-electron chi connectivity index (χ3n) is 5.52. The van der Waals surface area contributed by atoms with Crippen LogP contribution in [0.25, 0.3) is 6.08 Å². The second-order valence-corrected chi connectivity index (χ2v) is 8.50. The van der Waals surface area contributed by atoms with E-state index in [0.29, 0.717) is 11.3 Å². The number of ether oxygens (including phenoxy) is 2. The Kier molecular flexibility index (Phi) is 10.6. The molecular formula is C29H28ClN3O5. The molecular weight excluding hydrogens is 506 g/mol. The Morgan fingerprint density at radius 3 is 2.29 bits per heavy atom. The van der Waals surface area contributed by atoms with Crippen LogP contribution in [0.3, 0.4) is 0 Å². The van der Waals surface area contributed by atoms with Gasteiger partial charge in [0.2, 0.25) is 11.1 Å². The molecule has 1 N–H and O–H groups in total. The topological polar surface area (TPSA) is 97.3 Å². The summed E-state index contributed by atoms with van der Waals surface area (Å²) in [7, 11) is 1.19. The summed E-state index contributed by atoms with van der Waals surface area (Å²) in [5.74, 6) is -1.73. The first-order chi connectivity index (χ1) is 18.4. The van der Waals surface area contributed by atoms with Crippen molar-refractivity contribution in [1.82, 2.24) is 4.90 Å². The molecule has 0 spiro atoms. The lowest BCUT2D eigenvalue weighted by molar-refractivity contribution is -0.154. The molecule has 3 aromatic carbocycles. The van der Waals surface area contributed by atoms with Gasteiger partial charge in [-0.25, -0.2) is 9.59 Å². The predicted octanol–water partition coefficient (Wildman–Crippen LogP) is 5.00. The molecule has 3 aromatic rings. The van der Waals surface area contributed by atoms with Crippen molar-refractivity contribution in [3.63, 3.8) is 0 Å². The molecule has 0 bridgehead atoms. The van der Waals surface area contributed by atoms with E-state index in [1.807, 2.05) is 60.7 Å². The van der Waals surface area contributed by atoms with Crippen LogP contribution in [0.4, 0.5) is 5.69 Å². The Balaban J connectivity index is 1.83. The highest BCUT2D eigenvalue weighted by Gasteiger charge is 2.27. The fraction of sp³-hybridized carbons (Fsp3) is 0.172. The number of methoxy groups -OCH3 is 1. The number of halogens is 1. The van der Waals surface area contributed by atoms with Gasteiger partial charge in [-0.3, -0.25) is 10.2 Å². The number of carbonyl (C=O) groups is 3. The maximum atomic E-state index is 13.3. The van der Waals surface area contributed by atoms with Crippen LogP contribution in [-0.4, -0.2) is 41.1 Å². The standard InChI is InChI=1S/C29H28ClN3O5/c1-21(28(35)38-20-23-13-7-4-8-14-23)33(26(34)18-17-22-11-5-3-6-12-22)19-24-15-9-10-16-25(24)31-32-27(30)29(36)37-2/h3-18,21,31H,19-20H2,1-2H3/b18-17+,32-27+/t21-/m0/s1. The van der Waals surface area contributed by atoms with Crippen LogP contribution < -0.4 is 5.43 Å². The largest absolute Gasteiger partial charge is 0.464 e. The average Bonchev–Trinajstić information content (AvgIpc) is 2.96. The Bertz CT molecular complexity index is 1300. The van der Waals surface area contributed by atoms with Crippen molar-refractivity contribution in [2.45, 2.75) is 26.1 Å². The van der Waals surface area contributed by atoms with Gasteiger partial charge in [0.25, 0.3) is 0 Å². The number of hydrogen-bond acceptors (Lipinski definition) is 7. The first kappa shape index (κ1) is 28.1. The number of amides is 1. The molecule has 0 saturated carbocycles. The number of hydrazone groups is 1. The van der Waals surface area contributed by atoms with Crippen LogP contribution in [-0.2, 0) is 37.0 Å². The number of hydrogen-bond donors (Lipinski definition) is 1. The summed E-state index contributed by atoms with van der Waals surface area (Å²) in [6.45, 7) is 1.75. The van der Waals surface area contributed by atoms with Gasteiger partial charge in [0, 0.05) is 12.6 Å². The minimum absolute atomic E-state index is 0.0497. The first-order valence-corrected chi connectivity index (χ1v) is 12.2. The van der Waals surface area contributed by atoms with E-state index in [0.717, 1.165) is 11.1 Å². The van der Waals surface area contributed by atoms with Crippen molar-refractivity contribution >= 4 is 46.4 Å². The lowest BCUT2D eigenvalue weighted by Crippen LogP contribution is -2.43. The van der Waals surface area contributed by atoms with Crippen LogP contribution in [0.5, 0.6) is 0 Å². The van der Waals surface area contributed by atoms with Crippen molar-refractivity contribution in [3.8, 4) is 0 Å². The summed E-state index contributed by atoms with van der Waals surface area (Å²) < 4.78 is 10.1. The molecule has 3 rings (SSSR count). The van der Waals surface area contributed by atoms with Crippen molar-refractivity contribution in [3.05, 3.63) is 108 Å². The molecule has 0 radical (unpaired) electrons. The van der Waals surface area contributed by atoms with Gasteiger partial charge in [-0.05, 0) is 35.8 Å². The van der Waals surface area contributed by atoms with Gasteiger partial charge in [0.05, 0.1) is 12.8 Å². The average molecular weight is 534 g/mol. The summed E-state index contributed by atoms with van der Waals surface area (Å²) in [4.78, 5) is 39.3. The lowest BCUT2D eigenvalue weighted by Gasteiger charge is -2.28. The molecule has 0 aromatic heterocycles. The number of nitrogens with zero attached hydrogens (tertiary/aromatic N) is 2. The van der Waals surface area contributed by atoms with Crippen LogP contribution in [0.2, 0.25) is 0 Å². The summed E-state index contributed by atoms with van der Waals surface area (Å²) in [6.07, 6.45) is 3.10. The first-order valence-electron chi connectivity index (χ1n) is 11.8. The third kappa shape index (κ3) is 8.31. The van der Waals surface area contributed by atoms with E-state index in [2.05, 4.69) is 15.3 Å². The van der Waals surface area contributed by atoms with Gasteiger partial charge in [-0.15, -0.1) is 0 Å². The molecule has 0 aliphatic heterocycles. The van der Waals surface area contributed by atoms with Gasteiger partial charge < -0.3 is 14.4 Å². The third-order valence-corrected chi connectivity index (χ3v) is 5.76. The van der Waals surface area contributed by atoms with Crippen LogP contribution >= 0.6 is 11.6 Å². The van der Waals surface area contributed by atoms with E-state index < -0.39 is 18.0 Å². The number of rotatable bonds is 11. The molecule has 0 aliphatic rings. The smallest absolute Gasteiger partial charge is 0.370 e. The molecule has 9 heteroatoms. The van der Waals surface area contributed by atoms with Gasteiger partial charge in [-0.1, -0.05) is 90.5 Å².